The number of halogens is 5. The zero-order valence-corrected chi connectivity index (χ0v) is 12.9. The molecular weight excluding hydrogens is 333 g/mol. The standard InChI is InChI=1S/C15H16F5N3O/c1-8-9(15(18,19)20)6-22-12(10(8)11(21)24)23-5-4-14(16,17)13(7-23)2-3-13/h6H,2-5,7H2,1H3,(H2,21,24). The van der Waals surface area contributed by atoms with Crippen molar-refractivity contribution in [2.45, 2.75) is 38.3 Å². The Balaban J connectivity index is 2.03. The van der Waals surface area contributed by atoms with Gasteiger partial charge in [-0.15, -0.1) is 0 Å². The second-order valence-electron chi connectivity index (χ2n) is 6.51. The van der Waals surface area contributed by atoms with E-state index in [4.69, 9.17) is 5.73 Å². The van der Waals surface area contributed by atoms with E-state index in [1.807, 2.05) is 0 Å². The summed E-state index contributed by atoms with van der Waals surface area (Å²) in [4.78, 5) is 16.9. The van der Waals surface area contributed by atoms with Crippen LogP contribution < -0.4 is 10.6 Å². The summed E-state index contributed by atoms with van der Waals surface area (Å²) in [7, 11) is 0. The van der Waals surface area contributed by atoms with Crippen LogP contribution in [0.2, 0.25) is 0 Å². The Hall–Kier alpha value is -1.93. The van der Waals surface area contributed by atoms with Crippen LogP contribution in [0.5, 0.6) is 0 Å². The summed E-state index contributed by atoms with van der Waals surface area (Å²) in [5.74, 6) is -3.91. The summed E-state index contributed by atoms with van der Waals surface area (Å²) in [6.07, 6.45) is -3.77. The number of nitrogens with two attached hydrogens (primary N) is 1. The molecule has 0 radical (unpaired) electrons. The molecule has 2 fully saturated rings. The minimum Gasteiger partial charge on any atom is -0.365 e. The minimum atomic E-state index is -4.67. The van der Waals surface area contributed by atoms with Crippen LogP contribution in [0.15, 0.2) is 6.20 Å². The SMILES string of the molecule is Cc1c(C(F)(F)F)cnc(N2CCC(F)(F)C3(CC3)C2)c1C(N)=O. The Morgan fingerprint density at radius 1 is 1.29 bits per heavy atom. The normalized spacial score (nSPS) is 21.8. The van der Waals surface area contributed by atoms with Gasteiger partial charge in [0.15, 0.2) is 0 Å². The molecule has 1 aromatic heterocycles. The molecule has 4 nitrogen and oxygen atoms in total. The van der Waals surface area contributed by atoms with Gasteiger partial charge in [-0.3, -0.25) is 4.79 Å². The average molecular weight is 349 g/mol. The summed E-state index contributed by atoms with van der Waals surface area (Å²) < 4.78 is 67.0. The van der Waals surface area contributed by atoms with Gasteiger partial charge >= 0.3 is 6.18 Å². The van der Waals surface area contributed by atoms with Crippen molar-refractivity contribution >= 4 is 11.7 Å². The van der Waals surface area contributed by atoms with Gasteiger partial charge in [-0.05, 0) is 25.3 Å². The third-order valence-electron chi connectivity index (χ3n) is 4.99. The summed E-state index contributed by atoms with van der Waals surface area (Å²) in [6.45, 7) is 1.00. The largest absolute Gasteiger partial charge is 0.418 e. The minimum absolute atomic E-state index is 0.0436. The lowest BCUT2D eigenvalue weighted by atomic mass is 9.90. The highest BCUT2D eigenvalue weighted by Crippen LogP contribution is 2.60. The van der Waals surface area contributed by atoms with Gasteiger partial charge in [0.2, 0.25) is 0 Å². The third-order valence-corrected chi connectivity index (χ3v) is 4.99. The summed E-state index contributed by atoms with van der Waals surface area (Å²) in [5, 5.41) is 0. The van der Waals surface area contributed by atoms with Crippen molar-refractivity contribution in [1.82, 2.24) is 4.98 Å². The first-order valence-corrected chi connectivity index (χ1v) is 7.48. The van der Waals surface area contributed by atoms with E-state index in [-0.39, 0.29) is 30.0 Å². The number of carbonyl (C=O) groups excluding carboxylic acids is 1. The molecule has 1 saturated carbocycles. The highest BCUT2D eigenvalue weighted by molar-refractivity contribution is 5.99. The van der Waals surface area contributed by atoms with E-state index in [0.29, 0.717) is 19.0 Å². The quantitative estimate of drug-likeness (QED) is 0.835. The number of anilines is 1. The van der Waals surface area contributed by atoms with Gasteiger partial charge in [-0.1, -0.05) is 0 Å². The molecule has 1 aromatic rings. The lowest BCUT2D eigenvalue weighted by molar-refractivity contribution is -0.138. The topological polar surface area (TPSA) is 59.2 Å². The van der Waals surface area contributed by atoms with Gasteiger partial charge in [-0.2, -0.15) is 13.2 Å². The predicted molar refractivity (Wildman–Crippen MR) is 75.9 cm³/mol. The van der Waals surface area contributed by atoms with Gasteiger partial charge in [0.05, 0.1) is 16.5 Å². The fraction of sp³-hybridized carbons (Fsp3) is 0.600. The molecule has 1 spiro atoms. The van der Waals surface area contributed by atoms with Crippen LogP contribution in [0.25, 0.3) is 0 Å². The number of carbonyl (C=O) groups is 1. The van der Waals surface area contributed by atoms with Crippen LogP contribution in [0.4, 0.5) is 27.8 Å². The van der Waals surface area contributed by atoms with E-state index in [0.717, 1.165) is 6.92 Å². The molecule has 1 aliphatic heterocycles. The number of rotatable bonds is 2. The summed E-state index contributed by atoms with van der Waals surface area (Å²) in [5.41, 5.74) is 2.34. The van der Waals surface area contributed by atoms with Crippen molar-refractivity contribution in [2.24, 2.45) is 11.1 Å². The van der Waals surface area contributed by atoms with Crippen molar-refractivity contribution in [3.05, 3.63) is 22.9 Å². The maximum absolute atomic E-state index is 14.0. The summed E-state index contributed by atoms with van der Waals surface area (Å²) in [6, 6.07) is 0. The van der Waals surface area contributed by atoms with Gasteiger partial charge in [0, 0.05) is 25.7 Å². The number of amides is 1. The molecule has 0 bridgehead atoms. The first-order chi connectivity index (χ1) is 11.0. The fourth-order valence-electron chi connectivity index (χ4n) is 3.37. The lowest BCUT2D eigenvalue weighted by Crippen LogP contribution is -2.49. The number of nitrogens with zero attached hydrogens (tertiary/aromatic N) is 2. The molecule has 24 heavy (non-hydrogen) atoms. The zero-order valence-electron chi connectivity index (χ0n) is 12.9. The Labute approximate surface area is 134 Å². The maximum atomic E-state index is 14.0. The number of hydrogen-bond acceptors (Lipinski definition) is 3. The molecule has 2 heterocycles. The molecule has 2 N–H and O–H groups in total. The van der Waals surface area contributed by atoms with Crippen LogP contribution in [-0.2, 0) is 6.18 Å². The smallest absolute Gasteiger partial charge is 0.365 e. The average Bonchev–Trinajstić information content (AvgIpc) is 3.21. The van der Waals surface area contributed by atoms with Crippen molar-refractivity contribution in [2.75, 3.05) is 18.0 Å². The highest BCUT2D eigenvalue weighted by atomic mass is 19.4. The molecule has 1 amide bonds. The van der Waals surface area contributed by atoms with Crippen LogP contribution in [0.3, 0.4) is 0 Å². The first-order valence-electron chi connectivity index (χ1n) is 7.48. The molecule has 0 aromatic carbocycles. The Bertz CT molecular complexity index is 697. The molecule has 0 atom stereocenters. The molecule has 132 valence electrons. The van der Waals surface area contributed by atoms with Gasteiger partial charge in [0.25, 0.3) is 11.8 Å². The van der Waals surface area contributed by atoms with Crippen LogP contribution in [0.1, 0.15) is 40.7 Å². The lowest BCUT2D eigenvalue weighted by Gasteiger charge is -2.40. The number of piperidine rings is 1. The van der Waals surface area contributed by atoms with E-state index in [9.17, 15) is 26.7 Å². The summed E-state index contributed by atoms with van der Waals surface area (Å²) >= 11 is 0. The maximum Gasteiger partial charge on any atom is 0.418 e. The monoisotopic (exact) mass is 349 g/mol. The number of pyridine rings is 1. The predicted octanol–water partition coefficient (Wildman–Crippen LogP) is 3.13. The molecule has 9 heteroatoms. The van der Waals surface area contributed by atoms with Gasteiger partial charge in [0.1, 0.15) is 5.82 Å². The Morgan fingerprint density at radius 2 is 1.92 bits per heavy atom. The van der Waals surface area contributed by atoms with E-state index in [1.54, 1.807) is 0 Å². The van der Waals surface area contributed by atoms with Crippen LogP contribution >= 0.6 is 0 Å². The fourth-order valence-corrected chi connectivity index (χ4v) is 3.37. The second-order valence-corrected chi connectivity index (χ2v) is 6.51. The van der Waals surface area contributed by atoms with E-state index in [2.05, 4.69) is 4.98 Å². The number of aromatic nitrogens is 1. The number of hydrogen-bond donors (Lipinski definition) is 1. The van der Waals surface area contributed by atoms with Crippen LogP contribution in [0, 0.1) is 12.3 Å². The van der Waals surface area contributed by atoms with Gasteiger partial charge < -0.3 is 10.6 Å². The molecule has 0 unspecified atom stereocenters. The first kappa shape index (κ1) is 16.9. The van der Waals surface area contributed by atoms with E-state index >= 15 is 0 Å². The van der Waals surface area contributed by atoms with E-state index in [1.165, 1.54) is 4.90 Å². The van der Waals surface area contributed by atoms with Crippen molar-refractivity contribution < 1.29 is 26.7 Å². The Morgan fingerprint density at radius 3 is 2.42 bits per heavy atom. The highest BCUT2D eigenvalue weighted by Gasteiger charge is 2.64. The Kier molecular flexibility index (Phi) is 3.55. The molecule has 3 rings (SSSR count). The molecule has 1 aliphatic carbocycles. The zero-order chi connectivity index (χ0) is 17.9. The molecule has 1 saturated heterocycles. The van der Waals surface area contributed by atoms with Crippen molar-refractivity contribution in [3.63, 3.8) is 0 Å². The molecular formula is C15H16F5N3O. The van der Waals surface area contributed by atoms with E-state index < -0.39 is 35.4 Å². The number of alkyl halides is 5. The van der Waals surface area contributed by atoms with Crippen molar-refractivity contribution in [3.8, 4) is 0 Å². The second kappa shape index (κ2) is 5.03. The van der Waals surface area contributed by atoms with Crippen LogP contribution in [-0.4, -0.2) is 29.9 Å². The molecule has 2 aliphatic rings. The number of primary amides is 1. The third kappa shape index (κ3) is 2.50. The van der Waals surface area contributed by atoms with Crippen molar-refractivity contribution in [1.29, 1.82) is 0 Å². The van der Waals surface area contributed by atoms with Gasteiger partial charge in [-0.25, -0.2) is 13.8 Å².